The number of thiophene rings is 1. The summed E-state index contributed by atoms with van der Waals surface area (Å²) in [5, 5.41) is 1.89. The Bertz CT molecular complexity index is 322. The molecule has 0 saturated heterocycles. The molecular weight excluding hydrogens is 300 g/mol. The molecule has 2 nitrogen and oxygen atoms in total. The van der Waals surface area contributed by atoms with Crippen LogP contribution in [0.25, 0.3) is 0 Å². The van der Waals surface area contributed by atoms with Gasteiger partial charge in [-0.1, -0.05) is 6.92 Å². The van der Waals surface area contributed by atoms with Gasteiger partial charge in [0.15, 0.2) is 0 Å². The summed E-state index contributed by atoms with van der Waals surface area (Å²) in [6.07, 6.45) is -2.23. The second-order valence-corrected chi connectivity index (χ2v) is 5.24. The van der Waals surface area contributed by atoms with Gasteiger partial charge in [-0.05, 0) is 28.4 Å². The number of nitrogens with two attached hydrogens (primary N) is 1. The van der Waals surface area contributed by atoms with E-state index in [9.17, 15) is 8.78 Å². The van der Waals surface area contributed by atoms with Crippen molar-refractivity contribution in [1.29, 1.82) is 0 Å². The van der Waals surface area contributed by atoms with Crippen LogP contribution in [0.4, 0.5) is 8.78 Å². The van der Waals surface area contributed by atoms with Crippen molar-refractivity contribution in [1.82, 2.24) is 0 Å². The predicted octanol–water partition coefficient (Wildman–Crippen LogP) is 3.57. The first-order valence-corrected chi connectivity index (χ1v) is 6.61. The monoisotopic (exact) mass is 313 g/mol. The highest BCUT2D eigenvalue weighted by atomic mass is 79.9. The number of ether oxygens (including phenoxy) is 1. The first kappa shape index (κ1) is 14.0. The Morgan fingerprint density at radius 3 is 2.69 bits per heavy atom. The Kier molecular flexibility index (Phi) is 5.82. The third-order valence-corrected chi connectivity index (χ3v) is 3.89. The molecule has 2 atom stereocenters. The highest BCUT2D eigenvalue weighted by Gasteiger charge is 2.22. The molecule has 16 heavy (non-hydrogen) atoms. The Balaban J connectivity index is 2.71. The van der Waals surface area contributed by atoms with Crippen LogP contribution in [0.1, 0.15) is 24.3 Å². The van der Waals surface area contributed by atoms with Gasteiger partial charge in [0.2, 0.25) is 0 Å². The third-order valence-electron chi connectivity index (χ3n) is 2.13. The van der Waals surface area contributed by atoms with Gasteiger partial charge in [0.05, 0.1) is 0 Å². The zero-order valence-corrected chi connectivity index (χ0v) is 11.2. The van der Waals surface area contributed by atoms with E-state index in [4.69, 9.17) is 10.5 Å². The molecule has 1 heterocycles. The molecular formula is C10H14BrF2NOS. The lowest BCUT2D eigenvalue weighted by molar-refractivity contribution is -0.0337. The van der Waals surface area contributed by atoms with Crippen molar-refractivity contribution in [3.8, 4) is 0 Å². The molecule has 2 unspecified atom stereocenters. The predicted molar refractivity (Wildman–Crippen MR) is 65.0 cm³/mol. The van der Waals surface area contributed by atoms with E-state index in [0.717, 1.165) is 9.35 Å². The Morgan fingerprint density at radius 1 is 1.56 bits per heavy atom. The summed E-state index contributed by atoms with van der Waals surface area (Å²) in [4.78, 5) is 0.877. The van der Waals surface area contributed by atoms with E-state index in [1.807, 2.05) is 18.4 Å². The quantitative estimate of drug-likeness (QED) is 0.871. The van der Waals surface area contributed by atoms with Crippen molar-refractivity contribution in [3.05, 3.63) is 20.8 Å². The van der Waals surface area contributed by atoms with Gasteiger partial charge in [0.25, 0.3) is 6.43 Å². The lowest BCUT2D eigenvalue weighted by Gasteiger charge is -2.22. The molecule has 1 aromatic heterocycles. The van der Waals surface area contributed by atoms with Gasteiger partial charge in [0.1, 0.15) is 12.7 Å². The molecule has 0 aromatic carbocycles. The molecule has 0 aliphatic carbocycles. The highest BCUT2D eigenvalue weighted by Crippen LogP contribution is 2.30. The highest BCUT2D eigenvalue weighted by molar-refractivity contribution is 9.10. The molecule has 2 N–H and O–H groups in total. The standard InChI is InChI=1S/C10H14BrF2NOS/c1-2-7(14)10(15-4-9(12)13)8-3-6(11)5-16-8/h3,5,7,9-10H,2,4,14H2,1H3. The minimum Gasteiger partial charge on any atom is -0.365 e. The van der Waals surface area contributed by atoms with E-state index in [-0.39, 0.29) is 6.04 Å². The molecule has 6 heteroatoms. The van der Waals surface area contributed by atoms with Gasteiger partial charge in [-0.25, -0.2) is 8.78 Å². The van der Waals surface area contributed by atoms with E-state index >= 15 is 0 Å². The molecule has 0 spiro atoms. The Labute approximate surface area is 106 Å². The third kappa shape index (κ3) is 4.08. The largest absolute Gasteiger partial charge is 0.365 e. The molecule has 0 radical (unpaired) electrons. The molecule has 0 aliphatic heterocycles. The summed E-state index contributed by atoms with van der Waals surface area (Å²) >= 11 is 4.77. The number of hydrogen-bond donors (Lipinski definition) is 1. The van der Waals surface area contributed by atoms with Crippen LogP contribution in [0.2, 0.25) is 0 Å². The minimum atomic E-state index is -2.46. The van der Waals surface area contributed by atoms with Gasteiger partial charge in [-0.2, -0.15) is 0 Å². The van der Waals surface area contributed by atoms with Crippen molar-refractivity contribution < 1.29 is 13.5 Å². The van der Waals surface area contributed by atoms with Gasteiger partial charge in [-0.3, -0.25) is 0 Å². The molecule has 0 fully saturated rings. The van der Waals surface area contributed by atoms with Crippen LogP contribution in [0.15, 0.2) is 15.9 Å². The van der Waals surface area contributed by atoms with Crippen LogP contribution < -0.4 is 5.73 Å². The molecule has 0 aliphatic rings. The van der Waals surface area contributed by atoms with Crippen LogP contribution in [0, 0.1) is 0 Å². The maximum atomic E-state index is 12.1. The first-order chi connectivity index (χ1) is 7.54. The second kappa shape index (κ2) is 6.64. The maximum Gasteiger partial charge on any atom is 0.261 e. The Hall–Kier alpha value is -0.0400. The lowest BCUT2D eigenvalue weighted by Crippen LogP contribution is -2.30. The number of halogens is 3. The van der Waals surface area contributed by atoms with E-state index in [1.165, 1.54) is 11.3 Å². The molecule has 0 bridgehead atoms. The molecule has 92 valence electrons. The summed E-state index contributed by atoms with van der Waals surface area (Å²) in [6.45, 7) is 1.33. The van der Waals surface area contributed by atoms with Gasteiger partial charge < -0.3 is 10.5 Å². The van der Waals surface area contributed by atoms with Crippen molar-refractivity contribution in [2.75, 3.05) is 6.61 Å². The fourth-order valence-corrected chi connectivity index (χ4v) is 2.85. The topological polar surface area (TPSA) is 35.2 Å². The minimum absolute atomic E-state index is 0.260. The van der Waals surface area contributed by atoms with Crippen LogP contribution in [-0.2, 0) is 4.74 Å². The normalized spacial score (nSPS) is 15.4. The Morgan fingerprint density at radius 2 is 2.25 bits per heavy atom. The van der Waals surface area contributed by atoms with Crippen LogP contribution >= 0.6 is 27.3 Å². The van der Waals surface area contributed by atoms with Crippen LogP contribution in [0.3, 0.4) is 0 Å². The van der Waals surface area contributed by atoms with Crippen LogP contribution in [0.5, 0.6) is 0 Å². The van der Waals surface area contributed by atoms with Crippen molar-refractivity contribution >= 4 is 27.3 Å². The number of alkyl halides is 2. The van der Waals surface area contributed by atoms with Crippen molar-refractivity contribution in [3.63, 3.8) is 0 Å². The van der Waals surface area contributed by atoms with Crippen molar-refractivity contribution in [2.24, 2.45) is 5.73 Å². The summed E-state index contributed by atoms with van der Waals surface area (Å²) in [6, 6.07) is 1.60. The van der Waals surface area contributed by atoms with E-state index in [0.29, 0.717) is 6.42 Å². The zero-order chi connectivity index (χ0) is 12.1. The molecule has 1 rings (SSSR count). The lowest BCUT2D eigenvalue weighted by atomic mass is 10.1. The SMILES string of the molecule is CCC(N)C(OCC(F)F)c1cc(Br)cs1. The second-order valence-electron chi connectivity index (χ2n) is 3.38. The van der Waals surface area contributed by atoms with Gasteiger partial charge >= 0.3 is 0 Å². The van der Waals surface area contributed by atoms with Gasteiger partial charge in [-0.15, -0.1) is 11.3 Å². The van der Waals surface area contributed by atoms with Gasteiger partial charge in [0, 0.05) is 20.8 Å². The zero-order valence-electron chi connectivity index (χ0n) is 8.83. The summed E-state index contributed by atoms with van der Waals surface area (Å²) in [5.41, 5.74) is 5.87. The molecule has 0 saturated carbocycles. The smallest absolute Gasteiger partial charge is 0.261 e. The average Bonchev–Trinajstić information content (AvgIpc) is 2.64. The van der Waals surface area contributed by atoms with Crippen LogP contribution in [-0.4, -0.2) is 19.1 Å². The first-order valence-electron chi connectivity index (χ1n) is 4.93. The summed E-state index contributed by atoms with van der Waals surface area (Å²) in [5.74, 6) is 0. The number of rotatable bonds is 6. The average molecular weight is 314 g/mol. The van der Waals surface area contributed by atoms with Crippen molar-refractivity contribution in [2.45, 2.75) is 31.9 Å². The van der Waals surface area contributed by atoms with E-state index in [1.54, 1.807) is 0 Å². The van der Waals surface area contributed by atoms with E-state index < -0.39 is 19.1 Å². The molecule has 0 amide bonds. The summed E-state index contributed by atoms with van der Waals surface area (Å²) < 4.78 is 30.3. The fourth-order valence-electron chi connectivity index (χ4n) is 1.28. The maximum absolute atomic E-state index is 12.1. The summed E-state index contributed by atoms with van der Waals surface area (Å²) in [7, 11) is 0. The van der Waals surface area contributed by atoms with E-state index in [2.05, 4.69) is 15.9 Å². The fraction of sp³-hybridized carbons (Fsp3) is 0.600. The number of hydrogen-bond acceptors (Lipinski definition) is 3. The molecule has 1 aromatic rings.